The molecule has 2 aromatic heterocycles. The third-order valence-corrected chi connectivity index (χ3v) is 6.47. The van der Waals surface area contributed by atoms with Crippen molar-refractivity contribution in [2.45, 2.75) is 26.8 Å². The molecule has 0 unspecified atom stereocenters. The van der Waals surface area contributed by atoms with Gasteiger partial charge in [0.2, 0.25) is 0 Å². The number of fused-ring (bicyclic) bond motifs is 1. The lowest BCUT2D eigenvalue weighted by Crippen LogP contribution is -2.30. The van der Waals surface area contributed by atoms with Crippen LogP contribution in [0.1, 0.15) is 35.5 Å². The Balaban J connectivity index is 1.50. The van der Waals surface area contributed by atoms with Crippen molar-refractivity contribution >= 4 is 27.5 Å². The highest BCUT2D eigenvalue weighted by molar-refractivity contribution is 7.17. The average Bonchev–Trinajstić information content (AvgIpc) is 3.42. The first kappa shape index (κ1) is 22.9. The fourth-order valence-electron chi connectivity index (χ4n) is 3.94. The molecule has 0 aliphatic rings. The van der Waals surface area contributed by atoms with Gasteiger partial charge in [0.05, 0.1) is 23.4 Å². The number of likely N-dealkylation sites (N-methyl/N-ethyl adjacent to an activating group) is 1. The Labute approximate surface area is 199 Å². The summed E-state index contributed by atoms with van der Waals surface area (Å²) in [7, 11) is 1.87. The third-order valence-electron chi connectivity index (χ3n) is 5.62. The third kappa shape index (κ3) is 5.22. The molecule has 4 aromatic rings. The Morgan fingerprint density at radius 3 is 2.45 bits per heavy atom. The van der Waals surface area contributed by atoms with E-state index in [-0.39, 0.29) is 5.91 Å². The fourth-order valence-corrected chi connectivity index (χ4v) is 4.76. The van der Waals surface area contributed by atoms with Crippen LogP contribution in [0.3, 0.4) is 0 Å². The number of nitrogens with zero attached hydrogens (tertiary/aromatic N) is 2. The molecule has 2 heterocycles. The minimum absolute atomic E-state index is 0.0327. The lowest BCUT2D eigenvalue weighted by atomic mass is 10.1. The van der Waals surface area contributed by atoms with Crippen molar-refractivity contribution in [2.24, 2.45) is 0 Å². The Kier molecular flexibility index (Phi) is 7.35. The highest BCUT2D eigenvalue weighted by Gasteiger charge is 2.20. The van der Waals surface area contributed by atoms with Crippen molar-refractivity contribution in [2.75, 3.05) is 26.8 Å². The van der Waals surface area contributed by atoms with E-state index in [1.807, 2.05) is 63.4 Å². The maximum atomic E-state index is 13.4. The summed E-state index contributed by atoms with van der Waals surface area (Å²) in [5.41, 5.74) is 4.12. The van der Waals surface area contributed by atoms with Gasteiger partial charge in [-0.15, -0.1) is 11.3 Å². The van der Waals surface area contributed by atoms with Crippen LogP contribution in [0.2, 0.25) is 0 Å². The molecule has 0 aliphatic carbocycles. The van der Waals surface area contributed by atoms with Gasteiger partial charge in [-0.3, -0.25) is 4.79 Å². The van der Waals surface area contributed by atoms with E-state index in [4.69, 9.17) is 9.47 Å². The molecule has 5 nitrogen and oxygen atoms in total. The summed E-state index contributed by atoms with van der Waals surface area (Å²) in [5.74, 6) is 1.54. The molecule has 0 saturated carbocycles. The largest absolute Gasteiger partial charge is 0.490 e. The van der Waals surface area contributed by atoms with Crippen molar-refractivity contribution in [1.29, 1.82) is 0 Å². The van der Waals surface area contributed by atoms with Crippen LogP contribution in [-0.4, -0.2) is 42.2 Å². The normalized spacial score (nSPS) is 11.0. The summed E-state index contributed by atoms with van der Waals surface area (Å²) in [6.07, 6.45) is 0.739. The van der Waals surface area contributed by atoms with Crippen LogP contribution in [0.15, 0.2) is 66.0 Å². The zero-order valence-corrected chi connectivity index (χ0v) is 20.2. The van der Waals surface area contributed by atoms with E-state index >= 15 is 0 Å². The first-order chi connectivity index (χ1) is 16.1. The number of aromatic nitrogens is 1. The van der Waals surface area contributed by atoms with Crippen LogP contribution in [0.5, 0.6) is 11.5 Å². The number of benzene rings is 2. The van der Waals surface area contributed by atoms with Crippen LogP contribution in [-0.2, 0) is 13.0 Å². The minimum atomic E-state index is 0.0327. The van der Waals surface area contributed by atoms with Gasteiger partial charge in [0.25, 0.3) is 5.91 Å². The summed E-state index contributed by atoms with van der Waals surface area (Å²) in [6.45, 7) is 6.38. The summed E-state index contributed by atoms with van der Waals surface area (Å²) in [6, 6.07) is 20.4. The first-order valence-electron chi connectivity index (χ1n) is 11.3. The molecule has 0 fully saturated rings. The molecule has 0 bridgehead atoms. The Morgan fingerprint density at radius 1 is 0.939 bits per heavy atom. The number of thiophene rings is 1. The van der Waals surface area contributed by atoms with Gasteiger partial charge in [-0.2, -0.15) is 0 Å². The van der Waals surface area contributed by atoms with Crippen LogP contribution in [0.25, 0.3) is 10.2 Å². The molecular weight excluding hydrogens is 432 g/mol. The van der Waals surface area contributed by atoms with Crippen molar-refractivity contribution in [3.05, 3.63) is 82.9 Å². The van der Waals surface area contributed by atoms with Gasteiger partial charge in [-0.1, -0.05) is 36.4 Å². The second-order valence-electron chi connectivity index (χ2n) is 7.90. The van der Waals surface area contributed by atoms with Crippen LogP contribution < -0.4 is 9.47 Å². The molecule has 172 valence electrons. The van der Waals surface area contributed by atoms with E-state index in [0.29, 0.717) is 26.3 Å². The van der Waals surface area contributed by atoms with Gasteiger partial charge in [-0.25, -0.2) is 0 Å². The zero-order valence-electron chi connectivity index (χ0n) is 19.4. The van der Waals surface area contributed by atoms with Gasteiger partial charge < -0.3 is 18.9 Å². The highest BCUT2D eigenvalue weighted by atomic mass is 32.1. The van der Waals surface area contributed by atoms with E-state index < -0.39 is 0 Å². The molecule has 33 heavy (non-hydrogen) atoms. The Hall–Kier alpha value is -3.25. The number of hydrogen-bond acceptors (Lipinski definition) is 4. The summed E-state index contributed by atoms with van der Waals surface area (Å²) >= 11 is 1.67. The molecule has 0 saturated heterocycles. The van der Waals surface area contributed by atoms with E-state index in [2.05, 4.69) is 28.1 Å². The first-order valence-corrected chi connectivity index (χ1v) is 12.2. The van der Waals surface area contributed by atoms with Crippen LogP contribution in [0.4, 0.5) is 0 Å². The molecule has 2 aromatic carbocycles. The Bertz CT molecular complexity index is 1210. The number of ether oxygens (including phenoxy) is 2. The second-order valence-corrected chi connectivity index (χ2v) is 8.84. The summed E-state index contributed by atoms with van der Waals surface area (Å²) in [5, 5.41) is 2.08. The molecule has 6 heteroatoms. The quantitative estimate of drug-likeness (QED) is 0.296. The van der Waals surface area contributed by atoms with Crippen molar-refractivity contribution in [1.82, 2.24) is 9.47 Å². The smallest absolute Gasteiger partial charge is 0.270 e. The fraction of sp³-hybridized carbons (Fsp3) is 0.296. The van der Waals surface area contributed by atoms with Crippen molar-refractivity contribution < 1.29 is 14.3 Å². The summed E-state index contributed by atoms with van der Waals surface area (Å²) in [4.78, 5) is 15.2. The van der Waals surface area contributed by atoms with E-state index in [1.165, 1.54) is 5.56 Å². The molecule has 0 N–H and O–H groups in total. The van der Waals surface area contributed by atoms with Crippen LogP contribution >= 0.6 is 11.3 Å². The van der Waals surface area contributed by atoms with E-state index in [1.54, 1.807) is 16.2 Å². The van der Waals surface area contributed by atoms with E-state index in [9.17, 15) is 4.79 Å². The number of amides is 1. The lowest BCUT2D eigenvalue weighted by Gasteiger charge is -2.19. The predicted octanol–water partition coefficient (Wildman–Crippen LogP) is 5.86. The Morgan fingerprint density at radius 2 is 1.70 bits per heavy atom. The maximum absolute atomic E-state index is 13.4. The SMILES string of the molecule is CCOc1ccc(CCN(C)C(=O)c2cc3sccc3n2Cc2ccccc2)cc1OCC. The number of hydrogen-bond donors (Lipinski definition) is 0. The van der Waals surface area contributed by atoms with Crippen molar-refractivity contribution in [3.8, 4) is 11.5 Å². The van der Waals surface area contributed by atoms with Crippen molar-refractivity contribution in [3.63, 3.8) is 0 Å². The second kappa shape index (κ2) is 10.6. The molecule has 1 amide bonds. The molecule has 0 radical (unpaired) electrons. The number of carbonyl (C=O) groups excluding carboxylic acids is 1. The van der Waals surface area contributed by atoms with Gasteiger partial charge in [0, 0.05) is 20.1 Å². The van der Waals surface area contributed by atoms with Gasteiger partial charge in [-0.05, 0) is 61.0 Å². The molecule has 4 rings (SSSR count). The predicted molar refractivity (Wildman–Crippen MR) is 135 cm³/mol. The van der Waals surface area contributed by atoms with Gasteiger partial charge >= 0.3 is 0 Å². The molecule has 0 spiro atoms. The van der Waals surface area contributed by atoms with Crippen LogP contribution in [0, 0.1) is 0 Å². The average molecular weight is 463 g/mol. The maximum Gasteiger partial charge on any atom is 0.270 e. The van der Waals surface area contributed by atoms with Gasteiger partial charge in [0.1, 0.15) is 5.69 Å². The number of rotatable bonds is 10. The molecule has 0 atom stereocenters. The zero-order chi connectivity index (χ0) is 23.2. The summed E-state index contributed by atoms with van der Waals surface area (Å²) < 4.78 is 14.7. The molecule has 0 aliphatic heterocycles. The molecular formula is C27H30N2O3S. The number of carbonyl (C=O) groups is 1. The highest BCUT2D eigenvalue weighted by Crippen LogP contribution is 2.29. The minimum Gasteiger partial charge on any atom is -0.490 e. The standard InChI is InChI=1S/C27H30N2O3S/c1-4-31-24-12-11-20(17-25(24)32-5-2)13-15-28(3)27(30)23-18-26-22(14-16-33-26)29(23)19-21-9-7-6-8-10-21/h6-12,14,16-18H,4-5,13,15,19H2,1-3H3. The topological polar surface area (TPSA) is 43.7 Å². The van der Waals surface area contributed by atoms with E-state index in [0.717, 1.165) is 39.4 Å². The van der Waals surface area contributed by atoms with Gasteiger partial charge in [0.15, 0.2) is 11.5 Å². The monoisotopic (exact) mass is 462 g/mol. The lowest BCUT2D eigenvalue weighted by molar-refractivity contribution is 0.0787.